The van der Waals surface area contributed by atoms with Crippen LogP contribution in [-0.4, -0.2) is 17.9 Å². The third-order valence-corrected chi connectivity index (χ3v) is 1.46. The molecule has 0 aliphatic rings. The van der Waals surface area contributed by atoms with E-state index in [1.807, 2.05) is 6.07 Å². The largest absolute Gasteiger partial charge is 0.287 e. The zero-order valence-electron chi connectivity index (χ0n) is 7.73. The van der Waals surface area contributed by atoms with E-state index in [9.17, 15) is 9.59 Å². The lowest BCUT2D eigenvalue weighted by Crippen LogP contribution is -2.14. The summed E-state index contributed by atoms with van der Waals surface area (Å²) in [5, 5.41) is 3.47. The zero-order chi connectivity index (χ0) is 10.4. The molecule has 14 heavy (non-hydrogen) atoms. The van der Waals surface area contributed by atoms with Gasteiger partial charge < -0.3 is 0 Å². The van der Waals surface area contributed by atoms with Crippen LogP contribution in [0.5, 0.6) is 0 Å². The Kier molecular flexibility index (Phi) is 3.55. The second-order valence-electron chi connectivity index (χ2n) is 2.66. The van der Waals surface area contributed by atoms with Gasteiger partial charge in [0, 0.05) is 12.5 Å². The Morgan fingerprint density at radius 3 is 2.50 bits per heavy atom. The highest BCUT2D eigenvalue weighted by Gasteiger charge is 1.99. The molecule has 1 aromatic carbocycles. The van der Waals surface area contributed by atoms with Gasteiger partial charge in [-0.1, -0.05) is 30.3 Å². The highest BCUT2D eigenvalue weighted by atomic mass is 16.2. The quantitative estimate of drug-likeness (QED) is 0.439. The van der Waals surface area contributed by atoms with Gasteiger partial charge >= 0.3 is 0 Å². The summed E-state index contributed by atoms with van der Waals surface area (Å²) in [5.41, 5.74) is 2.70. The third-order valence-electron chi connectivity index (χ3n) is 1.46. The summed E-state index contributed by atoms with van der Waals surface area (Å²) >= 11 is 0. The first-order valence-electron chi connectivity index (χ1n) is 4.09. The van der Waals surface area contributed by atoms with Crippen molar-refractivity contribution in [3.8, 4) is 0 Å². The van der Waals surface area contributed by atoms with Crippen LogP contribution in [0.4, 0.5) is 0 Å². The molecular weight excluding hydrogens is 180 g/mol. The Hall–Kier alpha value is -1.97. The van der Waals surface area contributed by atoms with Gasteiger partial charge in [0.15, 0.2) is 0 Å². The maximum absolute atomic E-state index is 11.3. The molecular formula is C10H10N2O2. The van der Waals surface area contributed by atoms with Gasteiger partial charge in [-0.05, 0) is 0 Å². The van der Waals surface area contributed by atoms with Crippen LogP contribution in [0.3, 0.4) is 0 Å². The minimum Gasteiger partial charge on any atom is -0.287 e. The standard InChI is InChI=1S/C10H10N2O2/c1-8(13)12-11-7-10(14)9-5-3-2-4-6-9/h2-7H,1H3,(H,12,13)/b11-7+. The van der Waals surface area contributed by atoms with E-state index in [0.717, 1.165) is 6.21 Å². The summed E-state index contributed by atoms with van der Waals surface area (Å²) in [4.78, 5) is 21.8. The summed E-state index contributed by atoms with van der Waals surface area (Å²) in [6.45, 7) is 1.32. The van der Waals surface area contributed by atoms with Crippen LogP contribution in [0.25, 0.3) is 0 Å². The monoisotopic (exact) mass is 190 g/mol. The van der Waals surface area contributed by atoms with E-state index in [-0.39, 0.29) is 11.7 Å². The summed E-state index contributed by atoms with van der Waals surface area (Å²) in [6, 6.07) is 8.71. The van der Waals surface area contributed by atoms with Crippen molar-refractivity contribution in [1.29, 1.82) is 0 Å². The van der Waals surface area contributed by atoms with Gasteiger partial charge in [0.05, 0.1) is 6.21 Å². The third kappa shape index (κ3) is 3.18. The lowest BCUT2D eigenvalue weighted by Gasteiger charge is -1.93. The van der Waals surface area contributed by atoms with Crippen molar-refractivity contribution >= 4 is 17.9 Å². The number of carbonyl (C=O) groups is 2. The van der Waals surface area contributed by atoms with E-state index in [2.05, 4.69) is 10.5 Å². The molecule has 0 saturated heterocycles. The number of carbonyl (C=O) groups excluding carboxylic acids is 2. The number of ketones is 1. The molecule has 0 bridgehead atoms. The summed E-state index contributed by atoms with van der Waals surface area (Å²) in [7, 11) is 0. The van der Waals surface area contributed by atoms with E-state index >= 15 is 0 Å². The molecule has 1 aromatic rings. The molecule has 0 radical (unpaired) electrons. The second kappa shape index (κ2) is 4.91. The molecule has 0 fully saturated rings. The highest BCUT2D eigenvalue weighted by Crippen LogP contribution is 1.97. The summed E-state index contributed by atoms with van der Waals surface area (Å²) < 4.78 is 0. The number of Topliss-reactive ketones (excluding diaryl/α,β-unsaturated/α-hetero) is 1. The summed E-state index contributed by atoms with van der Waals surface area (Å²) in [5.74, 6) is -0.540. The van der Waals surface area contributed by atoms with Crippen molar-refractivity contribution in [2.24, 2.45) is 5.10 Å². The van der Waals surface area contributed by atoms with Gasteiger partial charge in [0.2, 0.25) is 11.7 Å². The highest BCUT2D eigenvalue weighted by molar-refractivity contribution is 6.35. The Labute approximate surface area is 81.6 Å². The fourth-order valence-electron chi connectivity index (χ4n) is 0.859. The maximum Gasteiger partial charge on any atom is 0.236 e. The van der Waals surface area contributed by atoms with Crippen molar-refractivity contribution < 1.29 is 9.59 Å². The molecule has 1 rings (SSSR count). The Bertz CT molecular complexity index is 358. The normalized spacial score (nSPS) is 10.1. The first-order valence-corrected chi connectivity index (χ1v) is 4.09. The number of nitrogens with zero attached hydrogens (tertiary/aromatic N) is 1. The smallest absolute Gasteiger partial charge is 0.236 e. The average Bonchev–Trinajstić information content (AvgIpc) is 2.18. The van der Waals surface area contributed by atoms with Crippen LogP contribution in [-0.2, 0) is 4.79 Å². The molecule has 0 atom stereocenters. The van der Waals surface area contributed by atoms with Crippen LogP contribution in [0.15, 0.2) is 35.4 Å². The van der Waals surface area contributed by atoms with Crippen molar-refractivity contribution in [3.05, 3.63) is 35.9 Å². The fraction of sp³-hybridized carbons (Fsp3) is 0.100. The second-order valence-corrected chi connectivity index (χ2v) is 2.66. The Morgan fingerprint density at radius 2 is 1.93 bits per heavy atom. The van der Waals surface area contributed by atoms with Gasteiger partial charge in [0.1, 0.15) is 0 Å². The van der Waals surface area contributed by atoms with Gasteiger partial charge in [-0.3, -0.25) is 9.59 Å². The van der Waals surface area contributed by atoms with Gasteiger partial charge in [-0.2, -0.15) is 5.10 Å². The van der Waals surface area contributed by atoms with Crippen molar-refractivity contribution in [1.82, 2.24) is 5.43 Å². The first-order chi connectivity index (χ1) is 6.70. The van der Waals surface area contributed by atoms with Crippen molar-refractivity contribution in [2.75, 3.05) is 0 Å². The van der Waals surface area contributed by atoms with Gasteiger partial charge in [-0.25, -0.2) is 5.43 Å². The van der Waals surface area contributed by atoms with Crippen molar-refractivity contribution in [2.45, 2.75) is 6.92 Å². The van der Waals surface area contributed by atoms with Crippen LogP contribution in [0, 0.1) is 0 Å². The van der Waals surface area contributed by atoms with E-state index in [0.29, 0.717) is 5.56 Å². The number of amides is 1. The van der Waals surface area contributed by atoms with Gasteiger partial charge in [-0.15, -0.1) is 0 Å². The summed E-state index contributed by atoms with van der Waals surface area (Å²) in [6.07, 6.45) is 1.08. The van der Waals surface area contributed by atoms with Crippen LogP contribution < -0.4 is 5.43 Å². The Morgan fingerprint density at radius 1 is 1.29 bits per heavy atom. The van der Waals surface area contributed by atoms with Crippen LogP contribution in [0.2, 0.25) is 0 Å². The molecule has 0 aliphatic heterocycles. The SMILES string of the molecule is CC(=O)N/N=C/C(=O)c1ccccc1. The lowest BCUT2D eigenvalue weighted by atomic mass is 10.1. The lowest BCUT2D eigenvalue weighted by molar-refractivity contribution is -0.118. The van der Waals surface area contributed by atoms with Crippen LogP contribution >= 0.6 is 0 Å². The molecule has 0 unspecified atom stereocenters. The zero-order valence-corrected chi connectivity index (χ0v) is 7.73. The van der Waals surface area contributed by atoms with E-state index in [1.165, 1.54) is 6.92 Å². The van der Waals surface area contributed by atoms with E-state index in [1.54, 1.807) is 24.3 Å². The maximum atomic E-state index is 11.3. The minimum atomic E-state index is -0.304. The molecule has 72 valence electrons. The molecule has 4 heteroatoms. The van der Waals surface area contributed by atoms with E-state index < -0.39 is 0 Å². The number of rotatable bonds is 3. The van der Waals surface area contributed by atoms with E-state index in [4.69, 9.17) is 0 Å². The molecule has 0 aliphatic carbocycles. The molecule has 0 heterocycles. The van der Waals surface area contributed by atoms with Crippen molar-refractivity contribution in [3.63, 3.8) is 0 Å². The number of benzene rings is 1. The first kappa shape index (κ1) is 10.1. The average molecular weight is 190 g/mol. The Balaban J connectivity index is 2.59. The predicted molar refractivity (Wildman–Crippen MR) is 53.1 cm³/mol. The minimum absolute atomic E-state index is 0.237. The van der Waals surface area contributed by atoms with Crippen LogP contribution in [0.1, 0.15) is 17.3 Å². The topological polar surface area (TPSA) is 58.5 Å². The molecule has 4 nitrogen and oxygen atoms in total. The number of hydrazone groups is 1. The molecule has 0 aromatic heterocycles. The molecule has 0 spiro atoms. The number of nitrogens with one attached hydrogen (secondary N) is 1. The predicted octanol–water partition coefficient (Wildman–Crippen LogP) is 0.991. The number of hydrogen-bond acceptors (Lipinski definition) is 3. The number of hydrogen-bond donors (Lipinski definition) is 1. The fourth-order valence-corrected chi connectivity index (χ4v) is 0.859. The molecule has 0 saturated carbocycles. The molecule has 1 amide bonds. The van der Waals surface area contributed by atoms with Gasteiger partial charge in [0.25, 0.3) is 0 Å². The molecule has 1 N–H and O–H groups in total.